The van der Waals surface area contributed by atoms with Crippen molar-refractivity contribution in [3.63, 3.8) is 0 Å². The lowest BCUT2D eigenvalue weighted by Gasteiger charge is -2.36. The quantitative estimate of drug-likeness (QED) is 0.585. The number of hydrogen-bond donors (Lipinski definition) is 3. The van der Waals surface area contributed by atoms with Gasteiger partial charge in [-0.25, -0.2) is 9.59 Å². The van der Waals surface area contributed by atoms with E-state index in [4.69, 9.17) is 9.47 Å². The number of aliphatic hydroxyl groups excluding tert-OH is 2. The number of aliphatic hydroxyl groups is 3. The molecule has 1 saturated carbocycles. The zero-order chi connectivity index (χ0) is 19.9. The topological polar surface area (TPSA) is 123 Å². The van der Waals surface area contributed by atoms with E-state index in [1.54, 1.807) is 12.1 Å². The Hall–Kier alpha value is -1.94. The van der Waals surface area contributed by atoms with Crippen LogP contribution in [-0.4, -0.2) is 58.5 Å². The molecular weight excluding hydrogens is 424 g/mol. The van der Waals surface area contributed by atoms with E-state index in [9.17, 15) is 24.9 Å². The van der Waals surface area contributed by atoms with Gasteiger partial charge in [0.25, 0.3) is 0 Å². The monoisotopic (exact) mass is 442 g/mol. The molecule has 27 heavy (non-hydrogen) atoms. The second kappa shape index (κ2) is 7.23. The van der Waals surface area contributed by atoms with Crippen molar-refractivity contribution < 1.29 is 39.1 Å². The maximum atomic E-state index is 12.4. The van der Waals surface area contributed by atoms with Crippen molar-refractivity contribution in [3.05, 3.63) is 46.1 Å². The smallest absolute Gasteiger partial charge is 0.338 e. The zero-order valence-electron chi connectivity index (χ0n) is 14.5. The molecule has 0 radical (unpaired) electrons. The minimum Gasteiger partial charge on any atom is -0.472 e. The minimum absolute atomic E-state index is 0.0530. The molecule has 1 aliphatic heterocycles. The van der Waals surface area contributed by atoms with Crippen molar-refractivity contribution in [3.8, 4) is 0 Å². The molecule has 0 saturated heterocycles. The van der Waals surface area contributed by atoms with Crippen LogP contribution in [-0.2, 0) is 19.0 Å². The van der Waals surface area contributed by atoms with Gasteiger partial charge in [-0.05, 0) is 31.2 Å². The molecule has 0 amide bonds. The number of carbonyl (C=O) groups is 2. The summed E-state index contributed by atoms with van der Waals surface area (Å²) in [5.74, 6) is -3.66. The van der Waals surface area contributed by atoms with Crippen LogP contribution in [0, 0.1) is 11.8 Å². The fourth-order valence-electron chi connectivity index (χ4n) is 3.71. The van der Waals surface area contributed by atoms with Crippen LogP contribution in [0.25, 0.3) is 0 Å². The third-order valence-electron chi connectivity index (χ3n) is 5.05. The molecule has 146 valence electrons. The summed E-state index contributed by atoms with van der Waals surface area (Å²) in [6.07, 6.45) is -3.35. The summed E-state index contributed by atoms with van der Waals surface area (Å²) < 4.78 is 15.8. The summed E-state index contributed by atoms with van der Waals surface area (Å²) >= 11 is 3.26. The summed E-state index contributed by atoms with van der Waals surface area (Å²) in [5, 5.41) is 31.8. The molecule has 3 rings (SSSR count). The van der Waals surface area contributed by atoms with Gasteiger partial charge in [0, 0.05) is 10.4 Å². The highest BCUT2D eigenvalue weighted by molar-refractivity contribution is 9.10. The fraction of sp³-hybridized carbons (Fsp3) is 0.444. The SMILES string of the molecule is COC(=O)C1=COC(O)[C@H]2[C@@H]1[C@H](O)[C@H](OC(=O)c1ccc(Br)cc1)[C@]2(C)O. The fourth-order valence-corrected chi connectivity index (χ4v) is 3.97. The molecule has 1 aromatic carbocycles. The number of carbonyl (C=O) groups excluding carboxylic acids is 2. The zero-order valence-corrected chi connectivity index (χ0v) is 16.1. The Kier molecular flexibility index (Phi) is 5.31. The van der Waals surface area contributed by atoms with E-state index >= 15 is 0 Å². The highest BCUT2D eigenvalue weighted by Gasteiger charge is 2.65. The van der Waals surface area contributed by atoms with Crippen molar-refractivity contribution in [2.45, 2.75) is 31.0 Å². The maximum absolute atomic E-state index is 12.4. The number of esters is 2. The van der Waals surface area contributed by atoms with Gasteiger partial charge in [-0.15, -0.1) is 0 Å². The lowest BCUT2D eigenvalue weighted by molar-refractivity contribution is -0.179. The molecule has 8 nitrogen and oxygen atoms in total. The Morgan fingerprint density at radius 3 is 2.41 bits per heavy atom. The largest absolute Gasteiger partial charge is 0.472 e. The number of halogens is 1. The van der Waals surface area contributed by atoms with Gasteiger partial charge in [-0.3, -0.25) is 0 Å². The number of benzene rings is 1. The third-order valence-corrected chi connectivity index (χ3v) is 5.58. The maximum Gasteiger partial charge on any atom is 0.338 e. The van der Waals surface area contributed by atoms with Crippen LogP contribution >= 0.6 is 15.9 Å². The Morgan fingerprint density at radius 1 is 1.19 bits per heavy atom. The van der Waals surface area contributed by atoms with Crippen molar-refractivity contribution in [2.24, 2.45) is 11.8 Å². The highest BCUT2D eigenvalue weighted by Crippen LogP contribution is 2.49. The summed E-state index contributed by atoms with van der Waals surface area (Å²) in [4.78, 5) is 24.4. The second-order valence-corrected chi connectivity index (χ2v) is 7.61. The van der Waals surface area contributed by atoms with Crippen molar-refractivity contribution >= 4 is 27.9 Å². The van der Waals surface area contributed by atoms with Crippen LogP contribution in [0.1, 0.15) is 17.3 Å². The summed E-state index contributed by atoms with van der Waals surface area (Å²) in [5.41, 5.74) is -1.69. The van der Waals surface area contributed by atoms with E-state index in [1.165, 1.54) is 19.1 Å². The standard InChI is InChI=1S/C18H19BrO8/c1-18(24)12-11(10(16(22)25-2)7-26-17(12)23)13(20)14(18)27-15(21)8-3-5-9(19)6-4-8/h3-7,11-14,17,20,23-24H,1-2H3/t11-,12-,13+,14+,17?,18-/m1/s1. The van der Waals surface area contributed by atoms with Gasteiger partial charge in [0.05, 0.1) is 30.4 Å². The van der Waals surface area contributed by atoms with Gasteiger partial charge in [0.15, 0.2) is 6.10 Å². The predicted octanol–water partition coefficient (Wildman–Crippen LogP) is 0.738. The molecule has 1 heterocycles. The third kappa shape index (κ3) is 3.36. The molecule has 0 bridgehead atoms. The van der Waals surface area contributed by atoms with Gasteiger partial charge >= 0.3 is 11.9 Å². The average Bonchev–Trinajstić information content (AvgIpc) is 2.83. The molecule has 1 fully saturated rings. The minimum atomic E-state index is -1.86. The normalized spacial score (nSPS) is 34.9. The lowest BCUT2D eigenvalue weighted by Crippen LogP contribution is -2.49. The van der Waals surface area contributed by atoms with Gasteiger partial charge in [0.2, 0.25) is 6.29 Å². The molecule has 0 spiro atoms. The van der Waals surface area contributed by atoms with Gasteiger partial charge in [0.1, 0.15) is 11.7 Å². The lowest BCUT2D eigenvalue weighted by atomic mass is 9.81. The van der Waals surface area contributed by atoms with Crippen molar-refractivity contribution in [1.82, 2.24) is 0 Å². The number of rotatable bonds is 3. The van der Waals surface area contributed by atoms with E-state index in [0.717, 1.165) is 17.8 Å². The first-order chi connectivity index (χ1) is 12.7. The first-order valence-corrected chi connectivity index (χ1v) is 8.96. The molecule has 1 aromatic rings. The Labute approximate surface area is 163 Å². The second-order valence-electron chi connectivity index (χ2n) is 6.69. The van der Waals surface area contributed by atoms with E-state index in [0.29, 0.717) is 0 Å². The van der Waals surface area contributed by atoms with Gasteiger partial charge in [-0.2, -0.15) is 0 Å². The molecular formula is C18H19BrO8. The van der Waals surface area contributed by atoms with Gasteiger partial charge in [-0.1, -0.05) is 15.9 Å². The van der Waals surface area contributed by atoms with Gasteiger partial charge < -0.3 is 29.5 Å². The number of ether oxygens (including phenoxy) is 3. The van der Waals surface area contributed by atoms with E-state index in [2.05, 4.69) is 20.7 Å². The number of fused-ring (bicyclic) bond motifs is 1. The highest BCUT2D eigenvalue weighted by atomic mass is 79.9. The van der Waals surface area contributed by atoms with E-state index in [-0.39, 0.29) is 11.1 Å². The molecule has 6 atom stereocenters. The molecule has 1 unspecified atom stereocenters. The van der Waals surface area contributed by atoms with Crippen LogP contribution < -0.4 is 0 Å². The summed E-state index contributed by atoms with van der Waals surface area (Å²) in [7, 11) is 1.16. The van der Waals surface area contributed by atoms with Crippen LogP contribution in [0.3, 0.4) is 0 Å². The van der Waals surface area contributed by atoms with Crippen LogP contribution in [0.15, 0.2) is 40.6 Å². The molecule has 9 heteroatoms. The number of methoxy groups -OCH3 is 1. The van der Waals surface area contributed by atoms with E-state index < -0.39 is 47.9 Å². The Bertz CT molecular complexity index is 772. The molecule has 2 aliphatic rings. The Balaban J connectivity index is 1.91. The van der Waals surface area contributed by atoms with Crippen LogP contribution in [0.2, 0.25) is 0 Å². The first kappa shape index (κ1) is 19.8. The predicted molar refractivity (Wildman–Crippen MR) is 94.1 cm³/mol. The molecule has 0 aromatic heterocycles. The summed E-state index contributed by atoms with van der Waals surface area (Å²) in [6, 6.07) is 6.34. The van der Waals surface area contributed by atoms with E-state index in [1.807, 2.05) is 0 Å². The van der Waals surface area contributed by atoms with Crippen molar-refractivity contribution in [1.29, 1.82) is 0 Å². The van der Waals surface area contributed by atoms with Crippen molar-refractivity contribution in [2.75, 3.05) is 7.11 Å². The average molecular weight is 443 g/mol. The molecule has 3 N–H and O–H groups in total. The first-order valence-electron chi connectivity index (χ1n) is 8.17. The Morgan fingerprint density at radius 2 is 1.81 bits per heavy atom. The molecule has 1 aliphatic carbocycles. The van der Waals surface area contributed by atoms with Crippen LogP contribution in [0.5, 0.6) is 0 Å². The summed E-state index contributed by atoms with van der Waals surface area (Å²) in [6.45, 7) is 1.31. The van der Waals surface area contributed by atoms with Crippen LogP contribution in [0.4, 0.5) is 0 Å². The number of hydrogen-bond acceptors (Lipinski definition) is 8.